The summed E-state index contributed by atoms with van der Waals surface area (Å²) in [6.45, 7) is 8.76. The van der Waals surface area contributed by atoms with E-state index in [1.807, 2.05) is 0 Å². The summed E-state index contributed by atoms with van der Waals surface area (Å²) in [6.07, 6.45) is 17.2. The molecule has 5 aliphatic rings. The van der Waals surface area contributed by atoms with Crippen LogP contribution in [0.25, 0.3) is 0 Å². The van der Waals surface area contributed by atoms with Crippen molar-refractivity contribution in [3.05, 3.63) is 36.0 Å². The lowest BCUT2D eigenvalue weighted by molar-refractivity contribution is -0.238. The first-order valence-corrected chi connectivity index (χ1v) is 9.86. The maximum absolute atomic E-state index is 6.23. The third kappa shape index (κ3) is 1.74. The largest absolute Gasteiger partial charge is 0.347 e. The second-order valence-corrected chi connectivity index (χ2v) is 9.22. The van der Waals surface area contributed by atoms with E-state index in [2.05, 4.69) is 51.2 Å². The molecule has 1 aliphatic heterocycles. The van der Waals surface area contributed by atoms with Crippen LogP contribution in [0, 0.1) is 34.5 Å². The average molecular weight is 326 g/mol. The molecular weight excluding hydrogens is 296 g/mol. The van der Waals surface area contributed by atoms with Gasteiger partial charge in [0.25, 0.3) is 0 Å². The van der Waals surface area contributed by atoms with Crippen molar-refractivity contribution in [1.29, 1.82) is 0 Å². The lowest BCUT2D eigenvalue weighted by Crippen LogP contribution is -2.53. The molecule has 0 aromatic heterocycles. The minimum absolute atomic E-state index is 0.179. The number of hydrogen-bond donors (Lipinski definition) is 0. The minimum atomic E-state index is -0.287. The molecule has 2 nitrogen and oxygen atoms in total. The van der Waals surface area contributed by atoms with Crippen LogP contribution in [0.15, 0.2) is 36.0 Å². The molecule has 2 heteroatoms. The van der Waals surface area contributed by atoms with Gasteiger partial charge in [-0.25, -0.2) is 0 Å². The van der Waals surface area contributed by atoms with Crippen LogP contribution in [0.1, 0.15) is 46.5 Å². The first-order chi connectivity index (χ1) is 11.5. The molecular formula is C22H30O2. The zero-order valence-electron chi connectivity index (χ0n) is 15.3. The molecule has 4 unspecified atom stereocenters. The SMILES string of the molecule is CC1C=C[C@@]2(C)C(=C1)C=CC1C2CC[C@@]2(C)C1CCC21OCCO1. The lowest BCUT2D eigenvalue weighted by atomic mass is 9.50. The Labute approximate surface area is 146 Å². The fraction of sp³-hybridized carbons (Fsp3) is 0.727. The van der Waals surface area contributed by atoms with E-state index < -0.39 is 0 Å². The lowest BCUT2D eigenvalue weighted by Gasteiger charge is -2.56. The van der Waals surface area contributed by atoms with E-state index >= 15 is 0 Å². The standard InChI is InChI=1S/C22H30O2/c1-15-6-9-20(2)16(14-15)4-5-17-18(20)7-10-21(3)19(17)8-11-22(21)23-12-13-24-22/h4-6,9,14-15,17-19H,7-8,10-13H2,1-3H3/t15?,17?,18?,19?,20-,21-/m0/s1. The number of fused-ring (bicyclic) bond motifs is 6. The van der Waals surface area contributed by atoms with E-state index in [0.29, 0.717) is 17.8 Å². The molecule has 130 valence electrons. The molecule has 0 amide bonds. The minimum Gasteiger partial charge on any atom is -0.347 e. The quantitative estimate of drug-likeness (QED) is 0.591. The van der Waals surface area contributed by atoms with Gasteiger partial charge in [-0.15, -0.1) is 0 Å². The van der Waals surface area contributed by atoms with Gasteiger partial charge in [-0.2, -0.15) is 0 Å². The monoisotopic (exact) mass is 326 g/mol. The Kier molecular flexibility index (Phi) is 3.12. The fourth-order valence-corrected chi connectivity index (χ4v) is 6.80. The van der Waals surface area contributed by atoms with Crippen molar-refractivity contribution in [3.8, 4) is 0 Å². The van der Waals surface area contributed by atoms with Crippen molar-refractivity contribution in [1.82, 2.24) is 0 Å². The Morgan fingerprint density at radius 1 is 1.00 bits per heavy atom. The van der Waals surface area contributed by atoms with E-state index in [-0.39, 0.29) is 16.6 Å². The van der Waals surface area contributed by atoms with Crippen molar-refractivity contribution in [2.75, 3.05) is 13.2 Å². The van der Waals surface area contributed by atoms with Gasteiger partial charge >= 0.3 is 0 Å². The molecule has 1 spiro atoms. The van der Waals surface area contributed by atoms with Crippen LogP contribution in [0.5, 0.6) is 0 Å². The summed E-state index contributed by atoms with van der Waals surface area (Å²) in [5.41, 5.74) is 1.95. The summed E-state index contributed by atoms with van der Waals surface area (Å²) in [7, 11) is 0. The predicted molar refractivity (Wildman–Crippen MR) is 95.3 cm³/mol. The molecule has 0 N–H and O–H groups in total. The highest BCUT2D eigenvalue weighted by Crippen LogP contribution is 2.67. The van der Waals surface area contributed by atoms with Crippen LogP contribution in [-0.2, 0) is 9.47 Å². The predicted octanol–water partition coefficient (Wildman–Crippen LogP) is 4.88. The van der Waals surface area contributed by atoms with E-state index in [1.165, 1.54) is 19.3 Å². The maximum Gasteiger partial charge on any atom is 0.174 e. The first-order valence-electron chi connectivity index (χ1n) is 9.86. The van der Waals surface area contributed by atoms with Gasteiger partial charge in [0.05, 0.1) is 13.2 Å². The van der Waals surface area contributed by atoms with Crippen molar-refractivity contribution in [2.24, 2.45) is 34.5 Å². The summed E-state index contributed by atoms with van der Waals surface area (Å²) in [5, 5.41) is 0. The zero-order chi connectivity index (χ0) is 16.6. The van der Waals surface area contributed by atoms with E-state index in [4.69, 9.17) is 9.47 Å². The van der Waals surface area contributed by atoms with Gasteiger partial charge in [-0.05, 0) is 48.5 Å². The summed E-state index contributed by atoms with van der Waals surface area (Å²) in [4.78, 5) is 0. The topological polar surface area (TPSA) is 18.5 Å². The van der Waals surface area contributed by atoms with Crippen molar-refractivity contribution < 1.29 is 9.47 Å². The summed E-state index contributed by atoms with van der Waals surface area (Å²) >= 11 is 0. The van der Waals surface area contributed by atoms with E-state index in [9.17, 15) is 0 Å². The number of rotatable bonds is 0. The highest BCUT2D eigenvalue weighted by atomic mass is 16.7. The zero-order valence-corrected chi connectivity index (χ0v) is 15.3. The van der Waals surface area contributed by atoms with E-state index in [0.717, 1.165) is 25.6 Å². The van der Waals surface area contributed by atoms with Gasteiger partial charge in [0.2, 0.25) is 0 Å². The highest BCUT2D eigenvalue weighted by molar-refractivity contribution is 5.41. The Morgan fingerprint density at radius 2 is 1.75 bits per heavy atom. The molecule has 1 heterocycles. The van der Waals surface area contributed by atoms with Gasteiger partial charge in [0.1, 0.15) is 0 Å². The Morgan fingerprint density at radius 3 is 2.54 bits per heavy atom. The second-order valence-electron chi connectivity index (χ2n) is 9.22. The Hall–Kier alpha value is -0.860. The van der Waals surface area contributed by atoms with Crippen LogP contribution in [0.2, 0.25) is 0 Å². The van der Waals surface area contributed by atoms with Gasteiger partial charge in [-0.1, -0.05) is 51.2 Å². The van der Waals surface area contributed by atoms with Crippen LogP contribution in [-0.4, -0.2) is 19.0 Å². The number of allylic oxidation sites excluding steroid dienone is 6. The third-order valence-electron chi connectivity index (χ3n) is 8.21. The van der Waals surface area contributed by atoms with Crippen molar-refractivity contribution in [2.45, 2.75) is 52.2 Å². The fourth-order valence-electron chi connectivity index (χ4n) is 6.80. The molecule has 0 bridgehead atoms. The Bertz CT molecular complexity index is 638. The molecule has 0 aromatic carbocycles. The molecule has 2 saturated carbocycles. The third-order valence-corrected chi connectivity index (χ3v) is 8.21. The highest BCUT2D eigenvalue weighted by Gasteiger charge is 2.66. The molecule has 4 aliphatic carbocycles. The van der Waals surface area contributed by atoms with E-state index in [1.54, 1.807) is 5.57 Å². The van der Waals surface area contributed by atoms with Gasteiger partial charge in [-0.3, -0.25) is 0 Å². The van der Waals surface area contributed by atoms with Crippen LogP contribution in [0.4, 0.5) is 0 Å². The molecule has 6 atom stereocenters. The van der Waals surface area contributed by atoms with Crippen molar-refractivity contribution >= 4 is 0 Å². The van der Waals surface area contributed by atoms with Crippen LogP contribution in [0.3, 0.4) is 0 Å². The maximum atomic E-state index is 6.23. The molecule has 5 rings (SSSR count). The average Bonchev–Trinajstić information content (AvgIpc) is 3.15. The number of ether oxygens (including phenoxy) is 2. The van der Waals surface area contributed by atoms with Gasteiger partial charge < -0.3 is 9.47 Å². The van der Waals surface area contributed by atoms with Gasteiger partial charge in [0.15, 0.2) is 5.79 Å². The smallest absolute Gasteiger partial charge is 0.174 e. The second kappa shape index (κ2) is 4.86. The number of hydrogen-bond acceptors (Lipinski definition) is 2. The molecule has 0 aromatic rings. The summed E-state index contributed by atoms with van der Waals surface area (Å²) in [5.74, 6) is 2.36. The summed E-state index contributed by atoms with van der Waals surface area (Å²) < 4.78 is 12.5. The van der Waals surface area contributed by atoms with Gasteiger partial charge in [0, 0.05) is 17.3 Å². The first kappa shape index (κ1) is 15.4. The normalized spacial score (nSPS) is 51.2. The Balaban J connectivity index is 1.54. The summed E-state index contributed by atoms with van der Waals surface area (Å²) in [6, 6.07) is 0. The van der Waals surface area contributed by atoms with Crippen molar-refractivity contribution in [3.63, 3.8) is 0 Å². The molecule has 1 saturated heterocycles. The van der Waals surface area contributed by atoms with Crippen LogP contribution < -0.4 is 0 Å². The molecule has 0 radical (unpaired) electrons. The molecule has 24 heavy (non-hydrogen) atoms. The van der Waals surface area contributed by atoms with Crippen LogP contribution >= 0.6 is 0 Å². The molecule has 3 fully saturated rings.